The lowest BCUT2D eigenvalue weighted by atomic mass is 10.1. The van der Waals surface area contributed by atoms with Crippen molar-refractivity contribution in [2.45, 2.75) is 13.0 Å². The fraction of sp³-hybridized carbons (Fsp3) is 0.143. The van der Waals surface area contributed by atoms with Gasteiger partial charge in [-0.05, 0) is 41.4 Å². The molecule has 1 amide bonds. The first-order chi connectivity index (χ1) is 9.09. The number of carbonyl (C=O) groups is 2. The molecule has 0 aliphatic carbocycles. The van der Waals surface area contributed by atoms with Crippen LogP contribution >= 0.6 is 11.3 Å². The molecule has 0 spiro atoms. The first-order valence-electron chi connectivity index (χ1n) is 5.75. The third-order valence-electron chi connectivity index (χ3n) is 2.79. The zero-order valence-electron chi connectivity index (χ0n) is 10.3. The molecule has 98 valence electrons. The predicted molar refractivity (Wildman–Crippen MR) is 73.6 cm³/mol. The van der Waals surface area contributed by atoms with E-state index in [4.69, 9.17) is 5.11 Å². The van der Waals surface area contributed by atoms with E-state index in [-0.39, 0.29) is 23.1 Å². The van der Waals surface area contributed by atoms with Crippen LogP contribution in [0.15, 0.2) is 41.1 Å². The smallest absolute Gasteiger partial charge is 0.336 e. The Kier molecular flexibility index (Phi) is 3.97. The fourth-order valence-electron chi connectivity index (χ4n) is 1.75. The molecule has 4 nitrogen and oxygen atoms in total. The molecule has 1 atom stereocenters. The molecule has 0 saturated heterocycles. The molecule has 1 aromatic carbocycles. The van der Waals surface area contributed by atoms with Crippen molar-refractivity contribution in [2.75, 3.05) is 0 Å². The number of amides is 1. The SMILES string of the molecule is CC(NC(=O)c1ccccc1C(=O)O)c1ccsc1. The van der Waals surface area contributed by atoms with Crippen molar-refractivity contribution in [1.82, 2.24) is 5.32 Å². The molecule has 0 bridgehead atoms. The summed E-state index contributed by atoms with van der Waals surface area (Å²) >= 11 is 1.55. The summed E-state index contributed by atoms with van der Waals surface area (Å²) in [5, 5.41) is 15.7. The summed E-state index contributed by atoms with van der Waals surface area (Å²) in [5.41, 5.74) is 1.20. The normalized spacial score (nSPS) is 11.8. The van der Waals surface area contributed by atoms with Crippen LogP contribution in [0.4, 0.5) is 0 Å². The minimum Gasteiger partial charge on any atom is -0.478 e. The Balaban J connectivity index is 2.19. The van der Waals surface area contributed by atoms with Crippen molar-refractivity contribution < 1.29 is 14.7 Å². The van der Waals surface area contributed by atoms with Crippen LogP contribution in [0.2, 0.25) is 0 Å². The molecule has 2 N–H and O–H groups in total. The average Bonchev–Trinajstić information content (AvgIpc) is 2.92. The van der Waals surface area contributed by atoms with E-state index in [1.54, 1.807) is 23.5 Å². The van der Waals surface area contributed by atoms with Crippen LogP contribution in [-0.4, -0.2) is 17.0 Å². The highest BCUT2D eigenvalue weighted by Crippen LogP contribution is 2.17. The monoisotopic (exact) mass is 275 g/mol. The topological polar surface area (TPSA) is 66.4 Å². The van der Waals surface area contributed by atoms with E-state index < -0.39 is 5.97 Å². The number of hydrogen-bond acceptors (Lipinski definition) is 3. The molecule has 0 radical (unpaired) electrons. The Morgan fingerprint density at radius 1 is 1.21 bits per heavy atom. The van der Waals surface area contributed by atoms with Gasteiger partial charge in [-0.25, -0.2) is 4.79 Å². The van der Waals surface area contributed by atoms with Gasteiger partial charge in [0.25, 0.3) is 5.91 Å². The molecular formula is C14H13NO3S. The molecule has 0 aliphatic rings. The van der Waals surface area contributed by atoms with Gasteiger partial charge in [-0.15, -0.1) is 0 Å². The number of thiophene rings is 1. The zero-order valence-corrected chi connectivity index (χ0v) is 11.1. The van der Waals surface area contributed by atoms with Crippen LogP contribution in [0.1, 0.15) is 39.2 Å². The Morgan fingerprint density at radius 3 is 2.47 bits per heavy atom. The van der Waals surface area contributed by atoms with E-state index in [1.807, 2.05) is 23.8 Å². The van der Waals surface area contributed by atoms with Crippen LogP contribution in [0.5, 0.6) is 0 Å². The first-order valence-corrected chi connectivity index (χ1v) is 6.69. The maximum absolute atomic E-state index is 12.1. The van der Waals surface area contributed by atoms with Crippen LogP contribution in [0.3, 0.4) is 0 Å². The van der Waals surface area contributed by atoms with E-state index in [2.05, 4.69) is 5.32 Å². The van der Waals surface area contributed by atoms with Gasteiger partial charge in [-0.3, -0.25) is 4.79 Å². The third kappa shape index (κ3) is 3.00. The van der Waals surface area contributed by atoms with E-state index in [0.29, 0.717) is 0 Å². The number of carboxylic acid groups (broad SMARTS) is 1. The van der Waals surface area contributed by atoms with Crippen molar-refractivity contribution in [3.05, 3.63) is 57.8 Å². The molecule has 0 fully saturated rings. The summed E-state index contributed by atoms with van der Waals surface area (Å²) in [6, 6.07) is 7.96. The second kappa shape index (κ2) is 5.67. The van der Waals surface area contributed by atoms with Crippen LogP contribution in [0.25, 0.3) is 0 Å². The highest BCUT2D eigenvalue weighted by Gasteiger charge is 2.17. The van der Waals surface area contributed by atoms with Crippen LogP contribution < -0.4 is 5.32 Å². The summed E-state index contributed by atoms with van der Waals surface area (Å²) in [4.78, 5) is 23.2. The van der Waals surface area contributed by atoms with E-state index >= 15 is 0 Å². The molecule has 1 aromatic heterocycles. The number of aromatic carboxylic acids is 1. The van der Waals surface area contributed by atoms with Gasteiger partial charge < -0.3 is 10.4 Å². The Morgan fingerprint density at radius 2 is 1.89 bits per heavy atom. The molecular weight excluding hydrogens is 262 g/mol. The van der Waals surface area contributed by atoms with Gasteiger partial charge in [0, 0.05) is 0 Å². The van der Waals surface area contributed by atoms with Crippen LogP contribution in [-0.2, 0) is 0 Å². The fourth-order valence-corrected chi connectivity index (χ4v) is 2.50. The average molecular weight is 275 g/mol. The number of rotatable bonds is 4. The van der Waals surface area contributed by atoms with Crippen molar-refractivity contribution in [3.8, 4) is 0 Å². The largest absolute Gasteiger partial charge is 0.478 e. The number of carbonyl (C=O) groups excluding carboxylic acids is 1. The summed E-state index contributed by atoms with van der Waals surface area (Å²) in [7, 11) is 0. The van der Waals surface area contributed by atoms with E-state index in [0.717, 1.165) is 5.56 Å². The minimum atomic E-state index is -1.10. The molecule has 2 rings (SSSR count). The van der Waals surface area contributed by atoms with Crippen LogP contribution in [0, 0.1) is 0 Å². The summed E-state index contributed by atoms with van der Waals surface area (Å²) in [6.07, 6.45) is 0. The van der Waals surface area contributed by atoms with E-state index in [1.165, 1.54) is 12.1 Å². The Bertz CT molecular complexity index is 592. The number of benzene rings is 1. The summed E-state index contributed by atoms with van der Waals surface area (Å²) in [5.74, 6) is -1.48. The standard InChI is InChI=1S/C14H13NO3S/c1-9(10-6-7-19-8-10)15-13(16)11-4-2-3-5-12(11)14(17)18/h2-9H,1H3,(H,15,16)(H,17,18). The lowest BCUT2D eigenvalue weighted by Crippen LogP contribution is -2.27. The second-order valence-electron chi connectivity index (χ2n) is 4.10. The van der Waals surface area contributed by atoms with Crippen molar-refractivity contribution in [1.29, 1.82) is 0 Å². The molecule has 1 unspecified atom stereocenters. The lowest BCUT2D eigenvalue weighted by Gasteiger charge is -2.13. The molecule has 2 aromatic rings. The second-order valence-corrected chi connectivity index (χ2v) is 4.88. The van der Waals surface area contributed by atoms with Gasteiger partial charge in [0.2, 0.25) is 0 Å². The lowest BCUT2D eigenvalue weighted by molar-refractivity contribution is 0.0690. The number of hydrogen-bond donors (Lipinski definition) is 2. The maximum atomic E-state index is 12.1. The van der Waals surface area contributed by atoms with Gasteiger partial charge in [0.1, 0.15) is 0 Å². The third-order valence-corrected chi connectivity index (χ3v) is 3.49. The van der Waals surface area contributed by atoms with Crippen molar-refractivity contribution >= 4 is 23.2 Å². The Hall–Kier alpha value is -2.14. The van der Waals surface area contributed by atoms with Gasteiger partial charge in [-0.1, -0.05) is 12.1 Å². The van der Waals surface area contributed by atoms with Gasteiger partial charge in [0.05, 0.1) is 17.2 Å². The van der Waals surface area contributed by atoms with Gasteiger partial charge in [-0.2, -0.15) is 11.3 Å². The summed E-state index contributed by atoms with van der Waals surface area (Å²) < 4.78 is 0. The Labute approximate surface area is 114 Å². The molecule has 0 aliphatic heterocycles. The van der Waals surface area contributed by atoms with Gasteiger partial charge in [0.15, 0.2) is 0 Å². The number of carboxylic acids is 1. The molecule has 19 heavy (non-hydrogen) atoms. The van der Waals surface area contributed by atoms with Gasteiger partial charge >= 0.3 is 5.97 Å². The maximum Gasteiger partial charge on any atom is 0.336 e. The number of nitrogens with one attached hydrogen (secondary N) is 1. The van der Waals surface area contributed by atoms with E-state index in [9.17, 15) is 9.59 Å². The highest BCUT2D eigenvalue weighted by molar-refractivity contribution is 7.07. The molecule has 0 saturated carbocycles. The molecule has 1 heterocycles. The molecule has 5 heteroatoms. The zero-order chi connectivity index (χ0) is 13.8. The summed E-state index contributed by atoms with van der Waals surface area (Å²) in [6.45, 7) is 1.86. The van der Waals surface area contributed by atoms with Crippen molar-refractivity contribution in [3.63, 3.8) is 0 Å². The highest BCUT2D eigenvalue weighted by atomic mass is 32.1. The van der Waals surface area contributed by atoms with Crippen molar-refractivity contribution in [2.24, 2.45) is 0 Å². The minimum absolute atomic E-state index is 0.0116. The predicted octanol–water partition coefficient (Wildman–Crippen LogP) is 2.94. The first kappa shape index (κ1) is 13.3. The quantitative estimate of drug-likeness (QED) is 0.901.